The first kappa shape index (κ1) is 19.2. The number of hydrogen-bond acceptors (Lipinski definition) is 7. The number of fused-ring (bicyclic) bond motifs is 2. The second-order valence-corrected chi connectivity index (χ2v) is 7.80. The molecule has 5 N–H and O–H groups in total. The summed E-state index contributed by atoms with van der Waals surface area (Å²) in [4.78, 5) is 33.8. The Kier molecular flexibility index (Phi) is 4.11. The number of carboxylic acids is 1. The average molecular weight is 428 g/mol. The van der Waals surface area contributed by atoms with E-state index in [4.69, 9.17) is 11.5 Å². The van der Waals surface area contributed by atoms with E-state index < -0.39 is 39.7 Å². The van der Waals surface area contributed by atoms with Crippen LogP contribution < -0.4 is 21.8 Å². The van der Waals surface area contributed by atoms with Gasteiger partial charge in [-0.25, -0.2) is 23.5 Å². The van der Waals surface area contributed by atoms with Crippen LogP contribution in [0.25, 0.3) is 10.9 Å². The van der Waals surface area contributed by atoms with Crippen LogP contribution in [0.3, 0.4) is 0 Å². The largest absolute Gasteiger partial charge is 0.477 e. The minimum Gasteiger partial charge on any atom is -0.477 e. The summed E-state index contributed by atoms with van der Waals surface area (Å²) in [7, 11) is 0. The molecule has 2 aliphatic rings. The van der Waals surface area contributed by atoms with Gasteiger partial charge in [-0.1, -0.05) is 0 Å². The third-order valence-corrected chi connectivity index (χ3v) is 5.80. The molecule has 0 bridgehead atoms. The summed E-state index contributed by atoms with van der Waals surface area (Å²) in [6, 6.07) is -0.174. The molecular formula is C20H18F2N6O3. The van der Waals surface area contributed by atoms with Crippen molar-refractivity contribution in [1.29, 1.82) is 0 Å². The van der Waals surface area contributed by atoms with Crippen LogP contribution in [0.15, 0.2) is 17.2 Å². The molecule has 0 atom stereocenters. The van der Waals surface area contributed by atoms with Crippen LogP contribution in [-0.4, -0.2) is 32.2 Å². The van der Waals surface area contributed by atoms with Gasteiger partial charge < -0.3 is 26.0 Å². The fraction of sp³-hybridized carbons (Fsp3) is 0.300. The number of carboxylic acid groups (broad SMARTS) is 1. The van der Waals surface area contributed by atoms with Crippen LogP contribution in [-0.2, 0) is 13.0 Å². The molecular weight excluding hydrogens is 410 g/mol. The Morgan fingerprint density at radius 1 is 1.23 bits per heavy atom. The van der Waals surface area contributed by atoms with Gasteiger partial charge in [0, 0.05) is 43.5 Å². The van der Waals surface area contributed by atoms with Gasteiger partial charge in [0.1, 0.15) is 11.3 Å². The maximum atomic E-state index is 15.8. The Hall–Kier alpha value is -3.76. The molecule has 3 aromatic rings. The van der Waals surface area contributed by atoms with Gasteiger partial charge in [-0.3, -0.25) is 4.79 Å². The van der Waals surface area contributed by atoms with Crippen molar-refractivity contribution in [2.75, 3.05) is 22.9 Å². The summed E-state index contributed by atoms with van der Waals surface area (Å²) in [5, 5.41) is 8.94. The van der Waals surface area contributed by atoms with Gasteiger partial charge in [0.2, 0.25) is 11.4 Å². The predicted molar refractivity (Wildman–Crippen MR) is 109 cm³/mol. The van der Waals surface area contributed by atoms with E-state index in [9.17, 15) is 14.7 Å². The number of hydrogen-bond donors (Lipinski definition) is 3. The zero-order valence-electron chi connectivity index (χ0n) is 16.2. The Bertz CT molecular complexity index is 1340. The monoisotopic (exact) mass is 428 g/mol. The van der Waals surface area contributed by atoms with Crippen molar-refractivity contribution in [2.45, 2.75) is 31.8 Å². The lowest BCUT2D eigenvalue weighted by atomic mass is 10.0. The number of aromatic carboxylic acids is 1. The van der Waals surface area contributed by atoms with Gasteiger partial charge in [0.05, 0.1) is 22.3 Å². The second kappa shape index (κ2) is 6.62. The number of nitrogen functional groups attached to an aromatic ring is 2. The molecule has 0 saturated heterocycles. The molecule has 0 amide bonds. The Balaban J connectivity index is 1.75. The highest BCUT2D eigenvalue weighted by Gasteiger charge is 2.33. The van der Waals surface area contributed by atoms with Gasteiger partial charge in [-0.05, 0) is 12.8 Å². The van der Waals surface area contributed by atoms with E-state index in [-0.39, 0.29) is 36.3 Å². The number of halogens is 2. The Morgan fingerprint density at radius 3 is 2.65 bits per heavy atom. The Morgan fingerprint density at radius 2 is 1.97 bits per heavy atom. The summed E-state index contributed by atoms with van der Waals surface area (Å²) in [6.45, 7) is 0.387. The van der Waals surface area contributed by atoms with E-state index in [1.165, 1.54) is 15.7 Å². The molecule has 0 spiro atoms. The molecule has 0 radical (unpaired) electrons. The smallest absolute Gasteiger partial charge is 0.341 e. The molecule has 1 aliphatic heterocycles. The number of nitrogens with zero attached hydrogens (tertiary/aromatic N) is 4. The van der Waals surface area contributed by atoms with Crippen LogP contribution in [0.2, 0.25) is 0 Å². The topological polar surface area (TPSA) is 140 Å². The van der Waals surface area contributed by atoms with Gasteiger partial charge in [-0.2, -0.15) is 0 Å². The standard InChI is InChI=1S/C20H18F2N6O3/c21-13-15(23)12-16(28(9-1-2-9)7-10(18(12)29)19(30)31)14(22)17(13)27-4-3-11-8(6-27)5-25-20(24)26-11/h5,7,9H,1-4,6,23H2,(H,30,31)(H2,24,25,26). The van der Waals surface area contributed by atoms with E-state index in [1.807, 2.05) is 0 Å². The molecule has 1 aromatic carbocycles. The molecule has 1 fully saturated rings. The summed E-state index contributed by atoms with van der Waals surface area (Å²) in [6.07, 6.45) is 4.42. The first-order chi connectivity index (χ1) is 14.8. The highest BCUT2D eigenvalue weighted by molar-refractivity contribution is 5.99. The minimum atomic E-state index is -1.47. The normalized spacial score (nSPS) is 15.9. The van der Waals surface area contributed by atoms with Crippen molar-refractivity contribution in [2.24, 2.45) is 0 Å². The number of aromatic nitrogens is 3. The predicted octanol–water partition coefficient (Wildman–Crippen LogP) is 1.83. The summed E-state index contributed by atoms with van der Waals surface area (Å²) in [5.74, 6) is -3.38. The zero-order chi connectivity index (χ0) is 22.0. The van der Waals surface area contributed by atoms with E-state index in [1.54, 1.807) is 0 Å². The number of pyridine rings is 1. The van der Waals surface area contributed by atoms with Gasteiger partial charge in [-0.15, -0.1) is 0 Å². The number of rotatable bonds is 3. The number of nitrogens with two attached hydrogens (primary N) is 2. The SMILES string of the molecule is Nc1ncc2c(n1)CCN(c1c(F)c(N)c3c(=O)c(C(=O)O)cn(C4CC4)c3c1F)C2. The van der Waals surface area contributed by atoms with E-state index in [0.29, 0.717) is 30.5 Å². The molecule has 5 rings (SSSR count). The van der Waals surface area contributed by atoms with Crippen LogP contribution in [0.5, 0.6) is 0 Å². The van der Waals surface area contributed by atoms with Crippen molar-refractivity contribution in [3.63, 3.8) is 0 Å². The lowest BCUT2D eigenvalue weighted by molar-refractivity contribution is 0.0695. The first-order valence-electron chi connectivity index (χ1n) is 9.71. The molecule has 31 heavy (non-hydrogen) atoms. The first-order valence-corrected chi connectivity index (χ1v) is 9.71. The summed E-state index contributed by atoms with van der Waals surface area (Å²) in [5.41, 5.74) is 10.3. The second-order valence-electron chi connectivity index (χ2n) is 7.80. The molecule has 3 heterocycles. The van der Waals surface area contributed by atoms with Crippen LogP contribution in [0, 0.1) is 11.6 Å². The highest BCUT2D eigenvalue weighted by atomic mass is 19.1. The van der Waals surface area contributed by atoms with E-state index in [0.717, 1.165) is 6.20 Å². The molecule has 11 heteroatoms. The number of carbonyl (C=O) groups is 1. The number of benzene rings is 1. The zero-order valence-corrected chi connectivity index (χ0v) is 16.2. The Labute approximate surface area is 173 Å². The average Bonchev–Trinajstić information content (AvgIpc) is 3.57. The fourth-order valence-electron chi connectivity index (χ4n) is 4.15. The third kappa shape index (κ3) is 2.87. The van der Waals surface area contributed by atoms with Crippen molar-refractivity contribution in [1.82, 2.24) is 14.5 Å². The summed E-state index contributed by atoms with van der Waals surface area (Å²) >= 11 is 0. The molecule has 1 saturated carbocycles. The quantitative estimate of drug-likeness (QED) is 0.537. The van der Waals surface area contributed by atoms with Crippen LogP contribution in [0.1, 0.15) is 40.5 Å². The van der Waals surface area contributed by atoms with Crippen LogP contribution >= 0.6 is 0 Å². The minimum absolute atomic E-state index is 0.127. The fourth-order valence-corrected chi connectivity index (χ4v) is 4.15. The van der Waals surface area contributed by atoms with Gasteiger partial charge >= 0.3 is 5.97 Å². The van der Waals surface area contributed by atoms with Crippen molar-refractivity contribution < 1.29 is 18.7 Å². The lowest BCUT2D eigenvalue weighted by Crippen LogP contribution is -2.33. The maximum absolute atomic E-state index is 15.8. The van der Waals surface area contributed by atoms with Crippen LogP contribution in [0.4, 0.5) is 26.1 Å². The third-order valence-electron chi connectivity index (χ3n) is 5.80. The van der Waals surface area contributed by atoms with Crippen molar-refractivity contribution in [3.05, 3.63) is 51.1 Å². The van der Waals surface area contributed by atoms with Crippen molar-refractivity contribution in [3.8, 4) is 0 Å². The lowest BCUT2D eigenvalue weighted by Gasteiger charge is -2.31. The molecule has 160 valence electrons. The molecule has 9 nitrogen and oxygen atoms in total. The van der Waals surface area contributed by atoms with Gasteiger partial charge in [0.25, 0.3) is 0 Å². The number of anilines is 3. The van der Waals surface area contributed by atoms with E-state index in [2.05, 4.69) is 9.97 Å². The maximum Gasteiger partial charge on any atom is 0.341 e. The summed E-state index contributed by atoms with van der Waals surface area (Å²) < 4.78 is 32.5. The van der Waals surface area contributed by atoms with E-state index >= 15 is 8.78 Å². The van der Waals surface area contributed by atoms with Crippen molar-refractivity contribution >= 4 is 34.2 Å². The highest BCUT2D eigenvalue weighted by Crippen LogP contribution is 2.42. The molecule has 2 aromatic heterocycles. The molecule has 0 unspecified atom stereocenters. The molecule has 1 aliphatic carbocycles. The van der Waals surface area contributed by atoms with Gasteiger partial charge in [0.15, 0.2) is 11.6 Å².